The van der Waals surface area contributed by atoms with Crippen molar-refractivity contribution < 1.29 is 13.9 Å². The fourth-order valence-corrected chi connectivity index (χ4v) is 2.22. The minimum Gasteiger partial charge on any atom is -0.497 e. The molecule has 1 atom stereocenters. The van der Waals surface area contributed by atoms with Crippen LogP contribution in [0.2, 0.25) is 0 Å². The Morgan fingerprint density at radius 1 is 1.12 bits per heavy atom. The lowest BCUT2D eigenvalue weighted by molar-refractivity contribution is 0.223. The monoisotopic (exact) mass is 345 g/mol. The summed E-state index contributed by atoms with van der Waals surface area (Å²) < 4.78 is 23.8. The molecule has 6 heteroatoms. The van der Waals surface area contributed by atoms with Gasteiger partial charge in [0, 0.05) is 13.6 Å². The van der Waals surface area contributed by atoms with Crippen LogP contribution >= 0.6 is 0 Å². The summed E-state index contributed by atoms with van der Waals surface area (Å²) in [5.41, 5.74) is 1.10. The Hall–Kier alpha value is -2.76. The highest BCUT2D eigenvalue weighted by Crippen LogP contribution is 2.13. The number of benzene rings is 2. The van der Waals surface area contributed by atoms with Crippen LogP contribution in [-0.2, 0) is 6.54 Å². The van der Waals surface area contributed by atoms with Crippen LogP contribution in [0.15, 0.2) is 53.5 Å². The highest BCUT2D eigenvalue weighted by molar-refractivity contribution is 5.79. The Morgan fingerprint density at radius 3 is 2.56 bits per heavy atom. The van der Waals surface area contributed by atoms with E-state index in [1.807, 2.05) is 31.2 Å². The van der Waals surface area contributed by atoms with Crippen molar-refractivity contribution in [3.05, 3.63) is 59.9 Å². The van der Waals surface area contributed by atoms with Gasteiger partial charge >= 0.3 is 0 Å². The Bertz CT molecular complexity index is 689. The first-order valence-corrected chi connectivity index (χ1v) is 8.10. The molecule has 0 amide bonds. The predicted octanol–water partition coefficient (Wildman–Crippen LogP) is 2.97. The predicted molar refractivity (Wildman–Crippen MR) is 97.7 cm³/mol. The fraction of sp³-hybridized carbons (Fsp3) is 0.316. The van der Waals surface area contributed by atoms with Crippen LogP contribution in [0.25, 0.3) is 0 Å². The lowest BCUT2D eigenvalue weighted by Crippen LogP contribution is -2.41. The first-order valence-electron chi connectivity index (χ1n) is 8.10. The summed E-state index contributed by atoms with van der Waals surface area (Å²) >= 11 is 0. The number of nitrogens with zero attached hydrogens (tertiary/aromatic N) is 1. The molecule has 2 rings (SSSR count). The van der Waals surface area contributed by atoms with Crippen LogP contribution in [0.1, 0.15) is 12.5 Å². The number of nitrogens with one attached hydrogen (secondary N) is 2. The average molecular weight is 345 g/mol. The van der Waals surface area contributed by atoms with Crippen LogP contribution in [0.4, 0.5) is 4.39 Å². The van der Waals surface area contributed by atoms with Crippen LogP contribution in [0, 0.1) is 5.82 Å². The van der Waals surface area contributed by atoms with Gasteiger partial charge in [0.05, 0.1) is 13.7 Å². The van der Waals surface area contributed by atoms with E-state index in [1.54, 1.807) is 26.3 Å². The smallest absolute Gasteiger partial charge is 0.191 e. The zero-order valence-electron chi connectivity index (χ0n) is 14.8. The zero-order chi connectivity index (χ0) is 18.1. The van der Waals surface area contributed by atoms with E-state index in [4.69, 9.17) is 9.47 Å². The van der Waals surface area contributed by atoms with Gasteiger partial charge < -0.3 is 20.1 Å². The van der Waals surface area contributed by atoms with Gasteiger partial charge in [-0.1, -0.05) is 12.1 Å². The molecule has 2 N–H and O–H groups in total. The number of rotatable bonds is 7. The Labute approximate surface area is 147 Å². The minimum atomic E-state index is -0.278. The van der Waals surface area contributed by atoms with Gasteiger partial charge in [-0.25, -0.2) is 4.39 Å². The molecule has 0 bridgehead atoms. The highest BCUT2D eigenvalue weighted by Gasteiger charge is 2.06. The molecule has 1 unspecified atom stereocenters. The van der Waals surface area contributed by atoms with E-state index < -0.39 is 0 Å². The van der Waals surface area contributed by atoms with Crippen LogP contribution in [-0.4, -0.2) is 32.8 Å². The summed E-state index contributed by atoms with van der Waals surface area (Å²) in [5, 5.41) is 6.45. The average Bonchev–Trinajstić information content (AvgIpc) is 2.64. The number of halogens is 1. The van der Waals surface area contributed by atoms with E-state index in [1.165, 1.54) is 12.1 Å². The molecule has 0 saturated heterocycles. The molecule has 25 heavy (non-hydrogen) atoms. The van der Waals surface area contributed by atoms with Gasteiger partial charge in [0.25, 0.3) is 0 Å². The number of aliphatic imine (C=N–C) groups is 1. The second kappa shape index (κ2) is 9.52. The first-order chi connectivity index (χ1) is 12.1. The van der Waals surface area contributed by atoms with E-state index in [2.05, 4.69) is 15.6 Å². The van der Waals surface area contributed by atoms with Crippen LogP contribution in [0.3, 0.4) is 0 Å². The van der Waals surface area contributed by atoms with Crippen molar-refractivity contribution in [3.8, 4) is 11.5 Å². The third-order valence-corrected chi connectivity index (χ3v) is 3.53. The molecule has 0 aliphatic rings. The van der Waals surface area contributed by atoms with Crippen molar-refractivity contribution in [1.82, 2.24) is 10.6 Å². The number of methoxy groups -OCH3 is 1. The quantitative estimate of drug-likeness (QED) is 0.598. The third kappa shape index (κ3) is 6.33. The summed E-state index contributed by atoms with van der Waals surface area (Å²) in [6.45, 7) is 3.13. The maximum atomic E-state index is 12.9. The SMILES string of the molecule is CN=C(NCc1cccc(OC)c1)NCC(C)Oc1ccc(F)cc1. The second-order valence-electron chi connectivity index (χ2n) is 5.54. The van der Waals surface area contributed by atoms with Crippen molar-refractivity contribution in [2.75, 3.05) is 20.7 Å². The molecule has 0 spiro atoms. The minimum absolute atomic E-state index is 0.0965. The summed E-state index contributed by atoms with van der Waals surface area (Å²) in [6, 6.07) is 13.8. The van der Waals surface area contributed by atoms with Crippen molar-refractivity contribution in [3.63, 3.8) is 0 Å². The van der Waals surface area contributed by atoms with E-state index in [0.29, 0.717) is 24.8 Å². The summed E-state index contributed by atoms with van der Waals surface area (Å²) in [7, 11) is 3.36. The van der Waals surface area contributed by atoms with Crippen LogP contribution < -0.4 is 20.1 Å². The van der Waals surface area contributed by atoms with E-state index in [0.717, 1.165) is 11.3 Å². The number of ether oxygens (including phenoxy) is 2. The van der Waals surface area contributed by atoms with Gasteiger partial charge in [-0.15, -0.1) is 0 Å². The molecule has 0 heterocycles. The molecule has 0 saturated carbocycles. The zero-order valence-corrected chi connectivity index (χ0v) is 14.8. The van der Waals surface area contributed by atoms with E-state index in [-0.39, 0.29) is 11.9 Å². The van der Waals surface area contributed by atoms with E-state index >= 15 is 0 Å². The summed E-state index contributed by atoms with van der Waals surface area (Å²) in [6.07, 6.45) is -0.0965. The molecule has 5 nitrogen and oxygen atoms in total. The molecule has 0 fully saturated rings. The van der Waals surface area contributed by atoms with Gasteiger partial charge in [0.1, 0.15) is 23.4 Å². The number of guanidine groups is 1. The highest BCUT2D eigenvalue weighted by atomic mass is 19.1. The van der Waals surface area contributed by atoms with Crippen LogP contribution in [0.5, 0.6) is 11.5 Å². The van der Waals surface area contributed by atoms with Gasteiger partial charge in [0.15, 0.2) is 5.96 Å². The first kappa shape index (κ1) is 18.6. The third-order valence-electron chi connectivity index (χ3n) is 3.53. The largest absolute Gasteiger partial charge is 0.497 e. The van der Waals surface area contributed by atoms with Crippen molar-refractivity contribution >= 4 is 5.96 Å². The van der Waals surface area contributed by atoms with Crippen molar-refractivity contribution in [1.29, 1.82) is 0 Å². The lowest BCUT2D eigenvalue weighted by Gasteiger charge is -2.18. The van der Waals surface area contributed by atoms with Gasteiger partial charge in [-0.2, -0.15) is 0 Å². The maximum Gasteiger partial charge on any atom is 0.191 e. The maximum absolute atomic E-state index is 12.9. The Morgan fingerprint density at radius 2 is 1.88 bits per heavy atom. The molecule has 2 aromatic carbocycles. The molecule has 2 aromatic rings. The topological polar surface area (TPSA) is 54.9 Å². The van der Waals surface area contributed by atoms with Gasteiger partial charge in [-0.3, -0.25) is 4.99 Å². The number of hydrogen-bond donors (Lipinski definition) is 2. The second-order valence-corrected chi connectivity index (χ2v) is 5.54. The fourth-order valence-electron chi connectivity index (χ4n) is 2.22. The standard InChI is InChI=1S/C19H24FN3O2/c1-14(25-17-9-7-16(20)8-10-17)12-22-19(21-2)23-13-15-5-4-6-18(11-15)24-3/h4-11,14H,12-13H2,1-3H3,(H2,21,22,23). The number of hydrogen-bond acceptors (Lipinski definition) is 3. The molecular formula is C19H24FN3O2. The summed E-state index contributed by atoms with van der Waals surface area (Å²) in [4.78, 5) is 4.19. The normalized spacial score (nSPS) is 12.4. The van der Waals surface area contributed by atoms with Gasteiger partial charge in [0.2, 0.25) is 0 Å². The Balaban J connectivity index is 1.78. The molecule has 134 valence electrons. The molecule has 0 aliphatic carbocycles. The van der Waals surface area contributed by atoms with Crippen molar-refractivity contribution in [2.45, 2.75) is 19.6 Å². The Kier molecular flexibility index (Phi) is 7.07. The lowest BCUT2D eigenvalue weighted by atomic mass is 10.2. The summed E-state index contributed by atoms with van der Waals surface area (Å²) in [5.74, 6) is 1.86. The van der Waals surface area contributed by atoms with Crippen molar-refractivity contribution in [2.24, 2.45) is 4.99 Å². The molecule has 0 aromatic heterocycles. The molecule has 0 aliphatic heterocycles. The molecular weight excluding hydrogens is 321 g/mol. The van der Waals surface area contributed by atoms with E-state index in [9.17, 15) is 4.39 Å². The molecule has 0 radical (unpaired) electrons. The van der Waals surface area contributed by atoms with Gasteiger partial charge in [-0.05, 0) is 48.9 Å².